The summed E-state index contributed by atoms with van der Waals surface area (Å²) in [6.07, 6.45) is 5.03. The van der Waals surface area contributed by atoms with Gasteiger partial charge in [-0.15, -0.1) is 5.11 Å². The quantitative estimate of drug-likeness (QED) is 0.169. The summed E-state index contributed by atoms with van der Waals surface area (Å²) in [7, 11) is 0. The molecule has 0 aliphatic carbocycles. The summed E-state index contributed by atoms with van der Waals surface area (Å²) in [4.78, 5) is 19.1. The van der Waals surface area contributed by atoms with Crippen molar-refractivity contribution >= 4 is 34.6 Å². The number of hydrogen-bond acceptors (Lipinski definition) is 7. The number of benzene rings is 2. The summed E-state index contributed by atoms with van der Waals surface area (Å²) >= 11 is 6.02. The Balaban J connectivity index is 0.000000890. The number of halogens is 1. The molecule has 1 N–H and O–H groups in total. The number of hydrogen-bond donors (Lipinski definition) is 1. The van der Waals surface area contributed by atoms with E-state index in [1.807, 2.05) is 42.5 Å². The molecule has 0 radical (unpaired) electrons. The van der Waals surface area contributed by atoms with Crippen molar-refractivity contribution in [2.24, 2.45) is 10.2 Å². The number of nitro groups is 1. The van der Waals surface area contributed by atoms with Gasteiger partial charge < -0.3 is 15.2 Å². The van der Waals surface area contributed by atoms with Crippen molar-refractivity contribution in [3.8, 4) is 0 Å². The van der Waals surface area contributed by atoms with Gasteiger partial charge in [0.15, 0.2) is 18.9 Å². The first-order valence-corrected chi connectivity index (χ1v) is 10.5. The molecule has 0 aliphatic heterocycles. The van der Waals surface area contributed by atoms with Gasteiger partial charge in [-0.25, -0.2) is 4.57 Å². The zero-order chi connectivity index (χ0) is 24.1. The van der Waals surface area contributed by atoms with Crippen LogP contribution in [0.4, 0.5) is 17.1 Å². The molecule has 10 heteroatoms. The minimum absolute atomic E-state index is 0.0747. The van der Waals surface area contributed by atoms with Gasteiger partial charge in [0.2, 0.25) is 0 Å². The van der Waals surface area contributed by atoms with Crippen molar-refractivity contribution in [3.63, 3.8) is 0 Å². The Kier molecular flexibility index (Phi) is 10.6. The van der Waals surface area contributed by atoms with Crippen molar-refractivity contribution in [1.82, 2.24) is 5.32 Å². The molecule has 0 unspecified atom stereocenters. The fourth-order valence-corrected chi connectivity index (χ4v) is 2.89. The van der Waals surface area contributed by atoms with Gasteiger partial charge in [-0.1, -0.05) is 29.8 Å². The second kappa shape index (κ2) is 13.7. The first-order chi connectivity index (χ1) is 15.8. The van der Waals surface area contributed by atoms with Crippen molar-refractivity contribution in [1.29, 1.82) is 0 Å². The number of nitrogens with one attached hydrogen (secondary N) is 1. The molecule has 0 amide bonds. The summed E-state index contributed by atoms with van der Waals surface area (Å²) in [5.41, 5.74) is 2.21. The lowest BCUT2D eigenvalue weighted by atomic mass is 10.1. The largest absolute Gasteiger partial charge is 0.550 e. The molecule has 0 atom stereocenters. The maximum atomic E-state index is 10.7. The summed E-state index contributed by atoms with van der Waals surface area (Å²) < 4.78 is 2.14. The minimum atomic E-state index is -1.08. The molecule has 9 nitrogen and oxygen atoms in total. The summed E-state index contributed by atoms with van der Waals surface area (Å²) in [5.74, 6) is -1.08. The molecule has 0 spiro atoms. The topological polar surface area (TPSA) is 124 Å². The Morgan fingerprint density at radius 2 is 1.73 bits per heavy atom. The minimum Gasteiger partial charge on any atom is -0.550 e. The molecule has 33 heavy (non-hydrogen) atoms. The summed E-state index contributed by atoms with van der Waals surface area (Å²) in [6.45, 7) is 3.72. The van der Waals surface area contributed by atoms with E-state index in [1.165, 1.54) is 23.8 Å². The molecular formula is C23H24ClN5O4. The van der Waals surface area contributed by atoms with E-state index < -0.39 is 10.9 Å². The first-order valence-electron chi connectivity index (χ1n) is 10.1. The monoisotopic (exact) mass is 469 g/mol. The Bertz CT molecular complexity index is 1070. The van der Waals surface area contributed by atoms with Crippen molar-refractivity contribution in [2.75, 3.05) is 13.1 Å². The highest BCUT2D eigenvalue weighted by molar-refractivity contribution is 6.33. The Morgan fingerprint density at radius 3 is 2.33 bits per heavy atom. The molecule has 0 fully saturated rings. The molecule has 0 saturated carbocycles. The maximum Gasteiger partial charge on any atom is 0.271 e. The van der Waals surface area contributed by atoms with Gasteiger partial charge in [0.1, 0.15) is 5.69 Å². The predicted octanol–water partition coefficient (Wildman–Crippen LogP) is 3.54. The third-order valence-electron chi connectivity index (χ3n) is 4.27. The number of aromatic nitrogens is 1. The van der Waals surface area contributed by atoms with Crippen LogP contribution in [0.5, 0.6) is 0 Å². The van der Waals surface area contributed by atoms with Crippen molar-refractivity contribution in [2.45, 2.75) is 19.9 Å². The number of carbonyl (C=O) groups excluding carboxylic acids is 1. The van der Waals surface area contributed by atoms with E-state index in [-0.39, 0.29) is 10.7 Å². The highest BCUT2D eigenvalue weighted by Gasteiger charge is 2.08. The third-order valence-corrected chi connectivity index (χ3v) is 4.57. The van der Waals surface area contributed by atoms with Crippen LogP contribution in [0.2, 0.25) is 5.02 Å². The second-order valence-corrected chi connectivity index (χ2v) is 7.27. The SMILES string of the molecule is CC(=O)[O-].O=[N+]([O-])c1ccc(N=Nc2ccc(CCNCC[n+]3ccccc3)cc2)c(Cl)c1. The third kappa shape index (κ3) is 9.98. The standard InChI is InChI=1S/C21H21ClN5O2.C2H4O2/c22-20-16-19(27(28)29)8-9-21(20)25-24-18-6-4-17(5-7-18)10-11-23-12-15-26-13-2-1-3-14-26;1-2(3)4/h1-9,13-14,16,23H,10-12,15H2;1H3,(H,3,4)/q+1;/p-1. The lowest BCUT2D eigenvalue weighted by Gasteiger charge is -2.04. The fourth-order valence-electron chi connectivity index (χ4n) is 2.68. The molecule has 0 aliphatic rings. The molecule has 1 aromatic heterocycles. The number of carbonyl (C=O) groups is 1. The average Bonchev–Trinajstić information content (AvgIpc) is 2.79. The van der Waals surface area contributed by atoms with E-state index in [9.17, 15) is 10.1 Å². The Morgan fingerprint density at radius 1 is 1.06 bits per heavy atom. The number of azo groups is 1. The van der Waals surface area contributed by atoms with Crippen LogP contribution in [-0.4, -0.2) is 24.0 Å². The molecule has 3 aromatic rings. The molecular weight excluding hydrogens is 446 g/mol. The molecule has 0 saturated heterocycles. The zero-order valence-corrected chi connectivity index (χ0v) is 18.8. The van der Waals surface area contributed by atoms with Crippen LogP contribution in [0.1, 0.15) is 12.5 Å². The lowest BCUT2D eigenvalue weighted by molar-refractivity contribution is -0.695. The number of nitro benzene ring substituents is 1. The number of nitrogens with zero attached hydrogens (tertiary/aromatic N) is 4. The van der Waals surface area contributed by atoms with Crippen LogP contribution in [0.3, 0.4) is 0 Å². The highest BCUT2D eigenvalue weighted by Crippen LogP contribution is 2.30. The van der Waals surface area contributed by atoms with E-state index in [4.69, 9.17) is 21.5 Å². The van der Waals surface area contributed by atoms with Gasteiger partial charge >= 0.3 is 0 Å². The second-order valence-electron chi connectivity index (χ2n) is 6.86. The van der Waals surface area contributed by atoms with Gasteiger partial charge in [-0.2, -0.15) is 5.11 Å². The van der Waals surface area contributed by atoms with Gasteiger partial charge in [0.25, 0.3) is 5.69 Å². The first kappa shape index (κ1) is 25.6. The van der Waals surface area contributed by atoms with Gasteiger partial charge in [-0.3, -0.25) is 10.1 Å². The van der Waals surface area contributed by atoms with E-state index in [2.05, 4.69) is 32.5 Å². The molecule has 0 bridgehead atoms. The highest BCUT2D eigenvalue weighted by atomic mass is 35.5. The van der Waals surface area contributed by atoms with E-state index >= 15 is 0 Å². The van der Waals surface area contributed by atoms with Crippen LogP contribution >= 0.6 is 11.6 Å². The summed E-state index contributed by atoms with van der Waals surface area (Å²) in [6, 6.07) is 18.0. The van der Waals surface area contributed by atoms with Crippen LogP contribution < -0.4 is 15.0 Å². The number of aliphatic carboxylic acids is 1. The van der Waals surface area contributed by atoms with Gasteiger partial charge in [0, 0.05) is 30.2 Å². The number of non-ortho nitro benzene ring substituents is 1. The number of pyridine rings is 1. The average molecular weight is 470 g/mol. The van der Waals surface area contributed by atoms with E-state index in [1.54, 1.807) is 0 Å². The zero-order valence-electron chi connectivity index (χ0n) is 18.1. The number of rotatable bonds is 9. The summed E-state index contributed by atoms with van der Waals surface area (Å²) in [5, 5.41) is 31.5. The van der Waals surface area contributed by atoms with Crippen LogP contribution in [0.25, 0.3) is 0 Å². The van der Waals surface area contributed by atoms with Crippen LogP contribution in [0.15, 0.2) is 83.3 Å². The normalized spacial score (nSPS) is 10.5. The lowest BCUT2D eigenvalue weighted by Crippen LogP contribution is -2.38. The predicted molar refractivity (Wildman–Crippen MR) is 123 cm³/mol. The molecule has 3 rings (SSSR count). The Labute approximate surface area is 196 Å². The number of carboxylic acid groups (broad SMARTS) is 1. The van der Waals surface area contributed by atoms with Crippen molar-refractivity contribution < 1.29 is 19.4 Å². The maximum absolute atomic E-state index is 10.7. The van der Waals surface area contributed by atoms with E-state index in [0.29, 0.717) is 11.4 Å². The van der Waals surface area contributed by atoms with E-state index in [0.717, 1.165) is 33.0 Å². The van der Waals surface area contributed by atoms with Crippen LogP contribution in [0, 0.1) is 10.1 Å². The smallest absolute Gasteiger partial charge is 0.271 e. The molecule has 1 heterocycles. The molecule has 2 aromatic carbocycles. The van der Waals surface area contributed by atoms with Gasteiger partial charge in [0.05, 0.1) is 22.2 Å². The van der Waals surface area contributed by atoms with Crippen molar-refractivity contribution in [3.05, 3.63) is 93.8 Å². The molecule has 172 valence electrons. The van der Waals surface area contributed by atoms with Gasteiger partial charge in [-0.05, 0) is 43.7 Å². The Hall–Kier alpha value is -3.69. The fraction of sp³-hybridized carbons (Fsp3) is 0.217. The van der Waals surface area contributed by atoms with Crippen LogP contribution in [-0.2, 0) is 17.8 Å². The number of carboxylic acids is 1.